The van der Waals surface area contributed by atoms with Crippen molar-refractivity contribution in [2.24, 2.45) is 5.92 Å². The lowest BCUT2D eigenvalue weighted by molar-refractivity contribution is -0.128. The molecule has 0 spiro atoms. The minimum Gasteiger partial charge on any atom is -0.351 e. The number of carbonyl (C=O) groups excluding carboxylic acids is 2. The maximum Gasteiger partial charge on any atom is 0.225 e. The zero-order valence-corrected chi connectivity index (χ0v) is 12.3. The fourth-order valence-electron chi connectivity index (χ4n) is 3.33. The number of hydrogen-bond acceptors (Lipinski definition) is 2. The molecule has 0 bridgehead atoms. The second kappa shape index (κ2) is 6.29. The van der Waals surface area contributed by atoms with E-state index in [1.54, 1.807) is 0 Å². The molecule has 2 aliphatic rings. The first kappa shape index (κ1) is 14.1. The van der Waals surface area contributed by atoms with Crippen molar-refractivity contribution in [3.05, 3.63) is 35.9 Å². The summed E-state index contributed by atoms with van der Waals surface area (Å²) in [5.41, 5.74) is 1.13. The van der Waals surface area contributed by atoms with Gasteiger partial charge in [-0.1, -0.05) is 43.2 Å². The first-order chi connectivity index (χ1) is 10.2. The molecule has 3 rings (SSSR count). The van der Waals surface area contributed by atoms with Crippen LogP contribution in [0.25, 0.3) is 0 Å². The molecule has 1 aromatic carbocycles. The van der Waals surface area contributed by atoms with Gasteiger partial charge in [-0.3, -0.25) is 9.59 Å². The van der Waals surface area contributed by atoms with Crippen molar-refractivity contribution in [3.63, 3.8) is 0 Å². The molecule has 0 radical (unpaired) electrons. The van der Waals surface area contributed by atoms with Crippen molar-refractivity contribution < 1.29 is 9.59 Å². The van der Waals surface area contributed by atoms with Gasteiger partial charge in [0.1, 0.15) is 0 Å². The highest BCUT2D eigenvalue weighted by atomic mass is 16.2. The van der Waals surface area contributed by atoms with Gasteiger partial charge in [0.2, 0.25) is 11.8 Å². The molecule has 0 aromatic heterocycles. The van der Waals surface area contributed by atoms with E-state index in [1.165, 1.54) is 0 Å². The topological polar surface area (TPSA) is 49.4 Å². The maximum absolute atomic E-state index is 12.1. The van der Waals surface area contributed by atoms with Gasteiger partial charge in [-0.25, -0.2) is 0 Å². The summed E-state index contributed by atoms with van der Waals surface area (Å²) in [4.78, 5) is 26.0. The van der Waals surface area contributed by atoms with Crippen LogP contribution in [0.4, 0.5) is 0 Å². The minimum absolute atomic E-state index is 0.0192. The van der Waals surface area contributed by atoms with E-state index < -0.39 is 0 Å². The highest BCUT2D eigenvalue weighted by Crippen LogP contribution is 2.25. The van der Waals surface area contributed by atoms with E-state index in [1.807, 2.05) is 35.2 Å². The SMILES string of the molecule is O=C(NC1CC(=O)N(Cc2ccccc2)C1)C1CCCC1. The standard InChI is InChI=1S/C17H22N2O2/c20-16-10-15(18-17(21)14-8-4-5-9-14)12-19(16)11-13-6-2-1-3-7-13/h1-3,6-7,14-15H,4-5,8-12H2,(H,18,21). The molecule has 4 heteroatoms. The van der Waals surface area contributed by atoms with Gasteiger partial charge in [0, 0.05) is 25.4 Å². The molecule has 1 aliphatic heterocycles. The number of likely N-dealkylation sites (tertiary alicyclic amines) is 1. The largest absolute Gasteiger partial charge is 0.351 e. The Balaban J connectivity index is 1.53. The number of hydrogen-bond donors (Lipinski definition) is 1. The summed E-state index contributed by atoms with van der Waals surface area (Å²) in [7, 11) is 0. The number of nitrogens with one attached hydrogen (secondary N) is 1. The zero-order chi connectivity index (χ0) is 14.7. The summed E-state index contributed by atoms with van der Waals surface area (Å²) < 4.78 is 0. The summed E-state index contributed by atoms with van der Waals surface area (Å²) in [5, 5.41) is 3.07. The molecule has 2 fully saturated rings. The van der Waals surface area contributed by atoms with Gasteiger partial charge in [0.05, 0.1) is 6.04 Å². The average molecular weight is 286 g/mol. The molecule has 21 heavy (non-hydrogen) atoms. The molecule has 4 nitrogen and oxygen atoms in total. The van der Waals surface area contributed by atoms with Crippen molar-refractivity contribution in [1.82, 2.24) is 10.2 Å². The Kier molecular flexibility index (Phi) is 4.23. The number of benzene rings is 1. The van der Waals surface area contributed by atoms with Crippen LogP contribution in [0.3, 0.4) is 0 Å². The molecular formula is C17H22N2O2. The summed E-state index contributed by atoms with van der Waals surface area (Å²) in [6.07, 6.45) is 4.75. The van der Waals surface area contributed by atoms with Crippen LogP contribution in [0.5, 0.6) is 0 Å². The zero-order valence-electron chi connectivity index (χ0n) is 12.3. The third-order valence-corrected chi connectivity index (χ3v) is 4.50. The van der Waals surface area contributed by atoms with Crippen molar-refractivity contribution in [1.29, 1.82) is 0 Å². The number of carbonyl (C=O) groups is 2. The van der Waals surface area contributed by atoms with E-state index >= 15 is 0 Å². The molecule has 1 atom stereocenters. The highest BCUT2D eigenvalue weighted by molar-refractivity contribution is 5.83. The highest BCUT2D eigenvalue weighted by Gasteiger charge is 2.32. The van der Waals surface area contributed by atoms with Gasteiger partial charge in [0.15, 0.2) is 0 Å². The lowest BCUT2D eigenvalue weighted by atomic mass is 10.1. The number of amides is 2. The predicted octanol–water partition coefficient (Wildman–Crippen LogP) is 2.09. The third-order valence-electron chi connectivity index (χ3n) is 4.50. The van der Waals surface area contributed by atoms with Crippen LogP contribution in [-0.4, -0.2) is 29.3 Å². The Morgan fingerprint density at radius 1 is 1.19 bits per heavy atom. The molecule has 2 amide bonds. The van der Waals surface area contributed by atoms with Gasteiger partial charge >= 0.3 is 0 Å². The van der Waals surface area contributed by atoms with Crippen LogP contribution in [0.1, 0.15) is 37.7 Å². The van der Waals surface area contributed by atoms with E-state index in [0.29, 0.717) is 19.5 Å². The van der Waals surface area contributed by atoms with Gasteiger partial charge < -0.3 is 10.2 Å². The van der Waals surface area contributed by atoms with Crippen molar-refractivity contribution in [2.75, 3.05) is 6.54 Å². The van der Waals surface area contributed by atoms with E-state index in [2.05, 4.69) is 5.32 Å². The van der Waals surface area contributed by atoms with E-state index in [4.69, 9.17) is 0 Å². The first-order valence-corrected chi connectivity index (χ1v) is 7.84. The molecule has 1 unspecified atom stereocenters. The van der Waals surface area contributed by atoms with Crippen LogP contribution in [0, 0.1) is 5.92 Å². The molecule has 1 heterocycles. The Morgan fingerprint density at radius 3 is 2.62 bits per heavy atom. The molecule has 1 N–H and O–H groups in total. The quantitative estimate of drug-likeness (QED) is 0.921. The molecule has 112 valence electrons. The normalized spacial score (nSPS) is 22.8. The molecule has 1 saturated heterocycles. The summed E-state index contributed by atoms with van der Waals surface area (Å²) in [6, 6.07) is 9.97. The number of rotatable bonds is 4. The van der Waals surface area contributed by atoms with Crippen molar-refractivity contribution in [2.45, 2.75) is 44.7 Å². The fraction of sp³-hybridized carbons (Fsp3) is 0.529. The summed E-state index contributed by atoms with van der Waals surface area (Å²) in [5.74, 6) is 0.450. The molecule has 1 aromatic rings. The van der Waals surface area contributed by atoms with Gasteiger partial charge in [0.25, 0.3) is 0 Å². The van der Waals surface area contributed by atoms with E-state index in [9.17, 15) is 9.59 Å². The Labute approximate surface area is 125 Å². The van der Waals surface area contributed by atoms with Crippen LogP contribution >= 0.6 is 0 Å². The smallest absolute Gasteiger partial charge is 0.225 e. The second-order valence-electron chi connectivity index (χ2n) is 6.15. The van der Waals surface area contributed by atoms with Crippen molar-refractivity contribution >= 4 is 11.8 Å². The fourth-order valence-corrected chi connectivity index (χ4v) is 3.33. The van der Waals surface area contributed by atoms with Gasteiger partial charge in [-0.05, 0) is 18.4 Å². The molecule has 1 aliphatic carbocycles. The second-order valence-corrected chi connectivity index (χ2v) is 6.15. The molecular weight excluding hydrogens is 264 g/mol. The van der Waals surface area contributed by atoms with E-state index in [0.717, 1.165) is 31.2 Å². The average Bonchev–Trinajstić information content (AvgIpc) is 3.11. The Morgan fingerprint density at radius 2 is 1.90 bits per heavy atom. The first-order valence-electron chi connectivity index (χ1n) is 7.84. The maximum atomic E-state index is 12.1. The van der Waals surface area contributed by atoms with Gasteiger partial charge in [-0.15, -0.1) is 0 Å². The monoisotopic (exact) mass is 286 g/mol. The third kappa shape index (κ3) is 3.43. The van der Waals surface area contributed by atoms with Crippen LogP contribution < -0.4 is 5.32 Å². The van der Waals surface area contributed by atoms with Gasteiger partial charge in [-0.2, -0.15) is 0 Å². The Hall–Kier alpha value is -1.84. The van der Waals surface area contributed by atoms with E-state index in [-0.39, 0.29) is 23.8 Å². The summed E-state index contributed by atoms with van der Waals surface area (Å²) in [6.45, 7) is 1.27. The minimum atomic E-state index is -0.0192. The van der Waals surface area contributed by atoms with Crippen LogP contribution in [-0.2, 0) is 16.1 Å². The summed E-state index contributed by atoms with van der Waals surface area (Å²) >= 11 is 0. The Bertz CT molecular complexity index is 509. The van der Waals surface area contributed by atoms with Crippen LogP contribution in [0.2, 0.25) is 0 Å². The predicted molar refractivity (Wildman–Crippen MR) is 80.4 cm³/mol. The lowest BCUT2D eigenvalue weighted by Crippen LogP contribution is -2.39. The van der Waals surface area contributed by atoms with Crippen molar-refractivity contribution in [3.8, 4) is 0 Å². The van der Waals surface area contributed by atoms with Crippen LogP contribution in [0.15, 0.2) is 30.3 Å². The lowest BCUT2D eigenvalue weighted by Gasteiger charge is -2.18. The number of nitrogens with zero attached hydrogens (tertiary/aromatic N) is 1. The molecule has 1 saturated carbocycles.